The first-order chi connectivity index (χ1) is 10.6. The number of amides is 1. The van der Waals surface area contributed by atoms with Crippen molar-refractivity contribution in [3.63, 3.8) is 0 Å². The summed E-state index contributed by atoms with van der Waals surface area (Å²) in [5, 5.41) is 9.00. The Morgan fingerprint density at radius 1 is 1.18 bits per heavy atom. The maximum Gasteiger partial charge on any atom is 0.354 e. The van der Waals surface area contributed by atoms with E-state index in [9.17, 15) is 9.59 Å². The highest BCUT2D eigenvalue weighted by atomic mass is 16.5. The Balaban J connectivity index is 1.76. The Hall–Kier alpha value is -1.95. The molecule has 0 aliphatic carbocycles. The van der Waals surface area contributed by atoms with Gasteiger partial charge in [0, 0.05) is 26.3 Å². The molecule has 6 nitrogen and oxygen atoms in total. The zero-order valence-corrected chi connectivity index (χ0v) is 12.5. The summed E-state index contributed by atoms with van der Waals surface area (Å²) in [6.07, 6.45) is 4.08. The summed E-state index contributed by atoms with van der Waals surface area (Å²) in [5.74, 6) is -1.29. The number of piperidine rings is 1. The monoisotopic (exact) mass is 304 g/mol. The molecule has 118 valence electrons. The van der Waals surface area contributed by atoms with Crippen LogP contribution in [0.5, 0.6) is 0 Å². The summed E-state index contributed by atoms with van der Waals surface area (Å²) >= 11 is 0. The highest BCUT2D eigenvalue weighted by Gasteiger charge is 2.38. The fourth-order valence-electron chi connectivity index (χ4n) is 3.43. The average molecular weight is 304 g/mol. The summed E-state index contributed by atoms with van der Waals surface area (Å²) in [6.45, 7) is 2.94. The van der Waals surface area contributed by atoms with Gasteiger partial charge in [-0.1, -0.05) is 6.07 Å². The van der Waals surface area contributed by atoms with E-state index < -0.39 is 5.97 Å². The second-order valence-electron chi connectivity index (χ2n) is 6.16. The molecule has 0 radical (unpaired) electrons. The second-order valence-corrected chi connectivity index (χ2v) is 6.16. The molecule has 2 saturated heterocycles. The van der Waals surface area contributed by atoms with Crippen molar-refractivity contribution in [2.45, 2.75) is 25.7 Å². The second kappa shape index (κ2) is 6.04. The molecule has 0 atom stereocenters. The van der Waals surface area contributed by atoms with Crippen molar-refractivity contribution in [3.05, 3.63) is 29.6 Å². The van der Waals surface area contributed by atoms with E-state index in [4.69, 9.17) is 9.84 Å². The SMILES string of the molecule is O=C(O)c1cccc(C(=O)N2CCCC3(CCOCC3)C2)n1. The molecule has 1 aromatic heterocycles. The van der Waals surface area contributed by atoms with Gasteiger partial charge in [0.2, 0.25) is 0 Å². The van der Waals surface area contributed by atoms with E-state index in [0.717, 1.165) is 38.9 Å². The molecule has 0 unspecified atom stereocenters. The topological polar surface area (TPSA) is 79.7 Å². The standard InChI is InChI=1S/C16H20N2O4/c19-14(12-3-1-4-13(17-12)15(20)21)18-8-2-5-16(11-18)6-9-22-10-7-16/h1,3-4H,2,5-11H2,(H,20,21). The van der Waals surface area contributed by atoms with Crippen LogP contribution in [-0.2, 0) is 4.74 Å². The Bertz CT molecular complexity index is 576. The fourth-order valence-corrected chi connectivity index (χ4v) is 3.43. The molecule has 0 saturated carbocycles. The van der Waals surface area contributed by atoms with Crippen LogP contribution in [-0.4, -0.2) is 53.2 Å². The molecule has 6 heteroatoms. The van der Waals surface area contributed by atoms with Crippen LogP contribution >= 0.6 is 0 Å². The maximum atomic E-state index is 12.6. The first-order valence-electron chi connectivity index (χ1n) is 7.67. The van der Waals surface area contributed by atoms with Crippen LogP contribution in [0.3, 0.4) is 0 Å². The van der Waals surface area contributed by atoms with Crippen LogP contribution in [0.25, 0.3) is 0 Å². The quantitative estimate of drug-likeness (QED) is 0.901. The molecule has 0 bridgehead atoms. The minimum Gasteiger partial charge on any atom is -0.477 e. The summed E-state index contributed by atoms with van der Waals surface area (Å²) in [6, 6.07) is 4.55. The van der Waals surface area contributed by atoms with Gasteiger partial charge >= 0.3 is 5.97 Å². The molecule has 2 aliphatic heterocycles. The molecule has 2 aliphatic rings. The molecule has 2 fully saturated rings. The van der Waals surface area contributed by atoms with Gasteiger partial charge in [-0.05, 0) is 43.2 Å². The number of pyridine rings is 1. The third kappa shape index (κ3) is 2.97. The largest absolute Gasteiger partial charge is 0.477 e. The summed E-state index contributed by atoms with van der Waals surface area (Å²) in [5.41, 5.74) is 0.281. The third-order valence-corrected chi connectivity index (χ3v) is 4.69. The highest BCUT2D eigenvalue weighted by molar-refractivity contribution is 5.94. The molecular weight excluding hydrogens is 284 g/mol. The smallest absolute Gasteiger partial charge is 0.354 e. The van der Waals surface area contributed by atoms with Gasteiger partial charge in [-0.25, -0.2) is 9.78 Å². The van der Waals surface area contributed by atoms with Gasteiger partial charge in [-0.2, -0.15) is 0 Å². The highest BCUT2D eigenvalue weighted by Crippen LogP contribution is 2.39. The van der Waals surface area contributed by atoms with E-state index >= 15 is 0 Å². The van der Waals surface area contributed by atoms with Crippen LogP contribution < -0.4 is 0 Å². The van der Waals surface area contributed by atoms with E-state index in [1.54, 1.807) is 12.1 Å². The van der Waals surface area contributed by atoms with Gasteiger partial charge in [0.15, 0.2) is 0 Å². The number of aromatic carboxylic acids is 1. The number of ether oxygens (including phenoxy) is 1. The molecule has 1 aromatic rings. The summed E-state index contributed by atoms with van der Waals surface area (Å²) < 4.78 is 5.44. The van der Waals surface area contributed by atoms with Crippen LogP contribution in [0.2, 0.25) is 0 Å². The lowest BCUT2D eigenvalue weighted by Crippen LogP contribution is -2.48. The van der Waals surface area contributed by atoms with Gasteiger partial charge in [0.1, 0.15) is 11.4 Å². The van der Waals surface area contributed by atoms with Crippen molar-refractivity contribution in [1.29, 1.82) is 0 Å². The van der Waals surface area contributed by atoms with Crippen molar-refractivity contribution >= 4 is 11.9 Å². The molecule has 1 amide bonds. The van der Waals surface area contributed by atoms with E-state index in [1.165, 1.54) is 6.07 Å². The Labute approximate surface area is 129 Å². The number of carbonyl (C=O) groups excluding carboxylic acids is 1. The van der Waals surface area contributed by atoms with Crippen molar-refractivity contribution in [2.75, 3.05) is 26.3 Å². The molecular formula is C16H20N2O4. The molecule has 3 heterocycles. The van der Waals surface area contributed by atoms with Gasteiger partial charge in [-0.15, -0.1) is 0 Å². The average Bonchev–Trinajstić information content (AvgIpc) is 2.55. The first-order valence-corrected chi connectivity index (χ1v) is 7.67. The third-order valence-electron chi connectivity index (χ3n) is 4.69. The molecule has 0 aromatic carbocycles. The number of hydrogen-bond donors (Lipinski definition) is 1. The lowest BCUT2D eigenvalue weighted by molar-refractivity contribution is -0.0230. The predicted molar refractivity (Wildman–Crippen MR) is 78.8 cm³/mol. The van der Waals surface area contributed by atoms with E-state index in [2.05, 4.69) is 4.98 Å². The lowest BCUT2D eigenvalue weighted by Gasteiger charge is -2.45. The number of rotatable bonds is 2. The fraction of sp³-hybridized carbons (Fsp3) is 0.562. The van der Waals surface area contributed by atoms with Crippen LogP contribution in [0.15, 0.2) is 18.2 Å². The van der Waals surface area contributed by atoms with Crippen LogP contribution in [0.4, 0.5) is 0 Å². The first kappa shape index (κ1) is 15.0. The van der Waals surface area contributed by atoms with E-state index in [0.29, 0.717) is 13.1 Å². The van der Waals surface area contributed by atoms with Crippen LogP contribution in [0.1, 0.15) is 46.7 Å². The van der Waals surface area contributed by atoms with Crippen molar-refractivity contribution < 1.29 is 19.4 Å². The van der Waals surface area contributed by atoms with Gasteiger partial charge in [-0.3, -0.25) is 4.79 Å². The molecule has 3 rings (SSSR count). The van der Waals surface area contributed by atoms with Gasteiger partial charge < -0.3 is 14.7 Å². The number of likely N-dealkylation sites (tertiary alicyclic amines) is 1. The summed E-state index contributed by atoms with van der Waals surface area (Å²) in [7, 11) is 0. The number of nitrogens with zero attached hydrogens (tertiary/aromatic N) is 2. The Morgan fingerprint density at radius 2 is 1.91 bits per heavy atom. The Morgan fingerprint density at radius 3 is 2.64 bits per heavy atom. The number of carboxylic acids is 1. The zero-order chi connectivity index (χ0) is 15.6. The van der Waals surface area contributed by atoms with Crippen molar-refractivity contribution in [2.24, 2.45) is 5.41 Å². The number of aromatic nitrogens is 1. The molecule has 22 heavy (non-hydrogen) atoms. The van der Waals surface area contributed by atoms with Crippen LogP contribution in [0, 0.1) is 5.41 Å². The van der Waals surface area contributed by atoms with Gasteiger partial charge in [0.25, 0.3) is 5.91 Å². The number of carbonyl (C=O) groups is 2. The minimum absolute atomic E-state index is 0.0939. The Kier molecular flexibility index (Phi) is 4.11. The zero-order valence-electron chi connectivity index (χ0n) is 12.5. The summed E-state index contributed by atoms with van der Waals surface area (Å²) in [4.78, 5) is 29.4. The minimum atomic E-state index is -1.12. The normalized spacial score (nSPS) is 20.8. The van der Waals surface area contributed by atoms with E-state index in [-0.39, 0.29) is 22.7 Å². The maximum absolute atomic E-state index is 12.6. The number of carboxylic acid groups (broad SMARTS) is 1. The number of hydrogen-bond acceptors (Lipinski definition) is 4. The van der Waals surface area contributed by atoms with E-state index in [1.807, 2.05) is 4.90 Å². The molecule has 1 spiro atoms. The van der Waals surface area contributed by atoms with Crippen molar-refractivity contribution in [1.82, 2.24) is 9.88 Å². The predicted octanol–water partition coefficient (Wildman–Crippen LogP) is 1.81. The molecule has 1 N–H and O–H groups in total. The van der Waals surface area contributed by atoms with Crippen molar-refractivity contribution in [3.8, 4) is 0 Å². The van der Waals surface area contributed by atoms with Gasteiger partial charge in [0.05, 0.1) is 0 Å². The lowest BCUT2D eigenvalue weighted by atomic mass is 9.74.